The lowest BCUT2D eigenvalue weighted by Gasteiger charge is -2.08. The van der Waals surface area contributed by atoms with E-state index in [2.05, 4.69) is 9.97 Å². The average Bonchev–Trinajstić information content (AvgIpc) is 2.53. The van der Waals surface area contributed by atoms with Crippen LogP contribution < -0.4 is 10.3 Å². The highest BCUT2D eigenvalue weighted by Crippen LogP contribution is 2.27. The number of nitrogens with one attached hydrogen (secondary N) is 1. The Morgan fingerprint density at radius 3 is 2.73 bits per heavy atom. The van der Waals surface area contributed by atoms with Crippen LogP contribution in [0.25, 0.3) is 11.3 Å². The number of hydrogen-bond donors (Lipinski definition) is 2. The predicted octanol–water partition coefficient (Wildman–Crippen LogP) is 1.74. The molecule has 112 valence electrons. The van der Waals surface area contributed by atoms with Crippen molar-refractivity contribution < 1.29 is 14.6 Å². The van der Waals surface area contributed by atoms with Crippen LogP contribution in [0.2, 0.25) is 0 Å². The minimum atomic E-state index is -1.14. The van der Waals surface area contributed by atoms with E-state index in [1.165, 1.54) is 37.1 Å². The van der Waals surface area contributed by atoms with Crippen molar-refractivity contribution >= 4 is 17.7 Å². The van der Waals surface area contributed by atoms with Gasteiger partial charge in [0.25, 0.3) is 5.56 Å². The van der Waals surface area contributed by atoms with Gasteiger partial charge >= 0.3 is 5.97 Å². The summed E-state index contributed by atoms with van der Waals surface area (Å²) in [5.41, 5.74) is -0.323. The molecule has 2 N–H and O–H groups in total. The van der Waals surface area contributed by atoms with Crippen molar-refractivity contribution in [2.75, 3.05) is 13.4 Å². The lowest BCUT2D eigenvalue weighted by atomic mass is 10.0. The molecule has 0 unspecified atom stereocenters. The lowest BCUT2D eigenvalue weighted by Crippen LogP contribution is -2.14. The molecule has 0 saturated heterocycles. The molecular formula is C14H11N3O4S. The second kappa shape index (κ2) is 6.32. The molecule has 0 radical (unpaired) electrons. The van der Waals surface area contributed by atoms with Gasteiger partial charge in [-0.3, -0.25) is 4.79 Å². The smallest absolute Gasteiger partial charge is 0.335 e. The summed E-state index contributed by atoms with van der Waals surface area (Å²) in [6.45, 7) is 0. The summed E-state index contributed by atoms with van der Waals surface area (Å²) in [7, 11) is 1.40. The maximum Gasteiger partial charge on any atom is 0.335 e. The summed E-state index contributed by atoms with van der Waals surface area (Å²) in [6.07, 6.45) is 1.72. The molecule has 7 nitrogen and oxygen atoms in total. The fourth-order valence-corrected chi connectivity index (χ4v) is 2.22. The molecule has 1 heterocycles. The number of nitriles is 1. The van der Waals surface area contributed by atoms with Crippen molar-refractivity contribution in [3.8, 4) is 23.1 Å². The number of carboxylic acids is 1. The molecule has 2 rings (SSSR count). The first-order valence-corrected chi connectivity index (χ1v) is 7.23. The van der Waals surface area contributed by atoms with Gasteiger partial charge in [-0.15, -0.1) is 0 Å². The second-order valence-corrected chi connectivity index (χ2v) is 4.96. The molecule has 8 heteroatoms. The lowest BCUT2D eigenvalue weighted by molar-refractivity contribution is 0.0696. The van der Waals surface area contributed by atoms with Gasteiger partial charge in [-0.05, 0) is 24.5 Å². The fraction of sp³-hybridized carbons (Fsp3) is 0.143. The Balaban J connectivity index is 2.78. The number of nitrogens with zero attached hydrogens (tertiary/aromatic N) is 2. The number of aromatic nitrogens is 2. The van der Waals surface area contributed by atoms with E-state index in [4.69, 9.17) is 15.1 Å². The molecule has 2 aromatic rings. The molecule has 0 saturated carbocycles. The fourth-order valence-electron chi connectivity index (χ4n) is 1.84. The van der Waals surface area contributed by atoms with Crippen molar-refractivity contribution in [2.45, 2.75) is 5.16 Å². The third-order valence-electron chi connectivity index (χ3n) is 2.87. The molecule has 1 aromatic heterocycles. The summed E-state index contributed by atoms with van der Waals surface area (Å²) in [5, 5.41) is 18.6. The molecule has 0 bridgehead atoms. The van der Waals surface area contributed by atoms with E-state index in [1.54, 1.807) is 12.3 Å². The van der Waals surface area contributed by atoms with Gasteiger partial charge in [-0.1, -0.05) is 11.8 Å². The minimum Gasteiger partial charge on any atom is -0.497 e. The van der Waals surface area contributed by atoms with Crippen LogP contribution in [0.5, 0.6) is 5.75 Å². The third kappa shape index (κ3) is 2.94. The van der Waals surface area contributed by atoms with Crippen molar-refractivity contribution in [2.24, 2.45) is 0 Å². The van der Waals surface area contributed by atoms with Crippen molar-refractivity contribution in [3.05, 3.63) is 39.7 Å². The largest absolute Gasteiger partial charge is 0.497 e. The first-order valence-electron chi connectivity index (χ1n) is 6.01. The standard InChI is InChI=1S/C14H11N3O4S/c1-21-9-4-7(3-8(5-9)13(19)20)11-10(6-15)12(18)17-14(16-11)22-2/h3-5H,1-2H3,(H,19,20)(H,16,17,18). The van der Waals surface area contributed by atoms with E-state index in [0.717, 1.165) is 0 Å². The maximum absolute atomic E-state index is 11.9. The van der Waals surface area contributed by atoms with Gasteiger partial charge in [0.15, 0.2) is 5.16 Å². The third-order valence-corrected chi connectivity index (χ3v) is 3.45. The highest BCUT2D eigenvalue weighted by atomic mass is 32.2. The highest BCUT2D eigenvalue weighted by molar-refractivity contribution is 7.98. The van der Waals surface area contributed by atoms with Crippen LogP contribution in [0, 0.1) is 11.3 Å². The summed E-state index contributed by atoms with van der Waals surface area (Å²) >= 11 is 1.21. The number of ether oxygens (including phenoxy) is 1. The Bertz CT molecular complexity index is 839. The number of carbonyl (C=O) groups is 1. The molecule has 0 fully saturated rings. The predicted molar refractivity (Wildman–Crippen MR) is 80.3 cm³/mol. The van der Waals surface area contributed by atoms with Crippen LogP contribution in [0.4, 0.5) is 0 Å². The number of rotatable bonds is 4. The van der Waals surface area contributed by atoms with Gasteiger partial charge in [0.1, 0.15) is 17.4 Å². The van der Waals surface area contributed by atoms with Gasteiger partial charge in [-0.25, -0.2) is 9.78 Å². The number of H-pyrrole nitrogens is 1. The molecule has 0 aliphatic heterocycles. The van der Waals surface area contributed by atoms with Gasteiger partial charge in [0.05, 0.1) is 18.4 Å². The highest BCUT2D eigenvalue weighted by Gasteiger charge is 2.16. The first-order chi connectivity index (χ1) is 10.5. The topological polar surface area (TPSA) is 116 Å². The minimum absolute atomic E-state index is 0.0222. The Kier molecular flexibility index (Phi) is 4.48. The van der Waals surface area contributed by atoms with Crippen LogP contribution in [0.1, 0.15) is 15.9 Å². The molecule has 0 atom stereocenters. The van der Waals surface area contributed by atoms with E-state index in [9.17, 15) is 9.59 Å². The molecule has 0 aliphatic rings. The SMILES string of the molecule is COc1cc(C(=O)O)cc(-c2nc(SC)[nH]c(=O)c2C#N)c1. The van der Waals surface area contributed by atoms with Crippen molar-refractivity contribution in [1.82, 2.24) is 9.97 Å². The zero-order valence-corrected chi connectivity index (χ0v) is 12.5. The van der Waals surface area contributed by atoms with E-state index < -0.39 is 11.5 Å². The molecule has 22 heavy (non-hydrogen) atoms. The van der Waals surface area contributed by atoms with Crippen molar-refractivity contribution in [3.63, 3.8) is 0 Å². The van der Waals surface area contributed by atoms with Gasteiger partial charge in [-0.2, -0.15) is 5.26 Å². The van der Waals surface area contributed by atoms with Crippen LogP contribution in [0.15, 0.2) is 28.2 Å². The molecule has 0 amide bonds. The number of aromatic amines is 1. The van der Waals surface area contributed by atoms with E-state index in [0.29, 0.717) is 16.5 Å². The molecular weight excluding hydrogens is 306 g/mol. The zero-order chi connectivity index (χ0) is 16.3. The summed E-state index contributed by atoms with van der Waals surface area (Å²) < 4.78 is 5.06. The number of thioether (sulfide) groups is 1. The Morgan fingerprint density at radius 2 is 2.18 bits per heavy atom. The number of aromatic carboxylic acids is 1. The number of hydrogen-bond acceptors (Lipinski definition) is 6. The van der Waals surface area contributed by atoms with Gasteiger partial charge < -0.3 is 14.8 Å². The van der Waals surface area contributed by atoms with Crippen LogP contribution in [-0.2, 0) is 0 Å². The molecule has 0 spiro atoms. The Hall–Kier alpha value is -2.79. The van der Waals surface area contributed by atoms with E-state index >= 15 is 0 Å². The quantitative estimate of drug-likeness (QED) is 0.651. The average molecular weight is 317 g/mol. The molecule has 1 aromatic carbocycles. The summed E-state index contributed by atoms with van der Waals surface area (Å²) in [4.78, 5) is 29.8. The zero-order valence-electron chi connectivity index (χ0n) is 11.7. The summed E-state index contributed by atoms with van der Waals surface area (Å²) in [5.74, 6) is -0.847. The first kappa shape index (κ1) is 15.6. The van der Waals surface area contributed by atoms with Crippen LogP contribution in [-0.4, -0.2) is 34.4 Å². The number of methoxy groups -OCH3 is 1. The van der Waals surface area contributed by atoms with Gasteiger partial charge in [0, 0.05) is 5.56 Å². The Morgan fingerprint density at radius 1 is 1.45 bits per heavy atom. The van der Waals surface area contributed by atoms with Crippen LogP contribution >= 0.6 is 11.8 Å². The number of carboxylic acid groups (broad SMARTS) is 1. The monoisotopic (exact) mass is 317 g/mol. The maximum atomic E-state index is 11.9. The van der Waals surface area contributed by atoms with Crippen molar-refractivity contribution in [1.29, 1.82) is 5.26 Å². The van der Waals surface area contributed by atoms with E-state index in [-0.39, 0.29) is 16.8 Å². The second-order valence-electron chi connectivity index (χ2n) is 4.17. The molecule has 0 aliphatic carbocycles. The van der Waals surface area contributed by atoms with Gasteiger partial charge in [0.2, 0.25) is 0 Å². The Labute approximate surface area is 129 Å². The van der Waals surface area contributed by atoms with E-state index in [1.807, 2.05) is 0 Å². The summed E-state index contributed by atoms with van der Waals surface area (Å²) in [6, 6.07) is 6.02. The van der Waals surface area contributed by atoms with Crippen LogP contribution in [0.3, 0.4) is 0 Å². The normalized spacial score (nSPS) is 10.0. The number of benzene rings is 1.